The van der Waals surface area contributed by atoms with Crippen molar-refractivity contribution in [2.75, 3.05) is 5.32 Å². The molecule has 4 rings (SSSR count). The Morgan fingerprint density at radius 1 is 0.939 bits per heavy atom. The van der Waals surface area contributed by atoms with E-state index in [-0.39, 0.29) is 5.91 Å². The van der Waals surface area contributed by atoms with Gasteiger partial charge >= 0.3 is 0 Å². The summed E-state index contributed by atoms with van der Waals surface area (Å²) in [4.78, 5) is 18.9. The van der Waals surface area contributed by atoms with Gasteiger partial charge in [-0.15, -0.1) is 11.8 Å². The van der Waals surface area contributed by atoms with Crippen LogP contribution in [0.25, 0.3) is 22.4 Å². The molecule has 0 aliphatic heterocycles. The molecule has 0 spiro atoms. The average molecular weight is 473 g/mol. The molecule has 1 N–H and O–H groups in total. The van der Waals surface area contributed by atoms with Gasteiger partial charge in [-0.25, -0.2) is 0 Å². The molecule has 0 radical (unpaired) electrons. The Morgan fingerprint density at radius 3 is 2.52 bits per heavy atom. The first-order valence-electron chi connectivity index (χ1n) is 10.8. The van der Waals surface area contributed by atoms with E-state index in [0.29, 0.717) is 15.8 Å². The number of aryl methyl sites for hydroxylation is 1. The largest absolute Gasteiger partial charge is 0.322 e. The number of hydrogen-bond donors (Lipinski definition) is 1. The summed E-state index contributed by atoms with van der Waals surface area (Å²) >= 11 is 8.12. The number of aromatic nitrogens is 1. The minimum Gasteiger partial charge on any atom is -0.322 e. The van der Waals surface area contributed by atoms with Crippen LogP contribution in [0.4, 0.5) is 5.69 Å². The molecule has 33 heavy (non-hydrogen) atoms. The van der Waals surface area contributed by atoms with E-state index in [1.54, 1.807) is 18.0 Å². The first-order valence-corrected chi connectivity index (χ1v) is 12.1. The lowest BCUT2D eigenvalue weighted by Crippen LogP contribution is -2.13. The predicted molar refractivity (Wildman–Crippen MR) is 140 cm³/mol. The van der Waals surface area contributed by atoms with Crippen LogP contribution in [-0.2, 0) is 0 Å². The van der Waals surface area contributed by atoms with Gasteiger partial charge in [0.2, 0.25) is 0 Å². The molecule has 0 saturated carbocycles. The Kier molecular flexibility index (Phi) is 7.17. The van der Waals surface area contributed by atoms with Crippen molar-refractivity contribution in [1.82, 2.24) is 4.98 Å². The monoisotopic (exact) mass is 472 g/mol. The van der Waals surface area contributed by atoms with Crippen LogP contribution >= 0.6 is 23.4 Å². The number of thioether (sulfide) groups is 1. The maximum Gasteiger partial charge on any atom is 0.256 e. The van der Waals surface area contributed by atoms with Gasteiger partial charge in [-0.3, -0.25) is 9.78 Å². The van der Waals surface area contributed by atoms with Gasteiger partial charge in [-0.05, 0) is 78.2 Å². The number of nitrogens with zero attached hydrogens (tertiary/aromatic N) is 1. The van der Waals surface area contributed by atoms with E-state index < -0.39 is 0 Å². The average Bonchev–Trinajstić information content (AvgIpc) is 2.79. The molecular weight excluding hydrogens is 448 g/mol. The zero-order chi connectivity index (χ0) is 23.4. The third kappa shape index (κ3) is 5.84. The summed E-state index contributed by atoms with van der Waals surface area (Å²) in [6, 6.07) is 25.4. The van der Waals surface area contributed by atoms with Gasteiger partial charge in [0, 0.05) is 38.2 Å². The second-order valence-corrected chi connectivity index (χ2v) is 10.2. The Bertz CT molecular complexity index is 1270. The second-order valence-electron chi connectivity index (χ2n) is 8.14. The van der Waals surface area contributed by atoms with E-state index in [4.69, 9.17) is 11.6 Å². The number of rotatable bonds is 6. The Hall–Kier alpha value is -3.08. The summed E-state index contributed by atoms with van der Waals surface area (Å²) in [5.74, 6) is -0.165. The number of halogens is 1. The van der Waals surface area contributed by atoms with Crippen LogP contribution < -0.4 is 5.32 Å². The summed E-state index contributed by atoms with van der Waals surface area (Å²) in [7, 11) is 0. The molecule has 0 atom stereocenters. The fourth-order valence-corrected chi connectivity index (χ4v) is 4.85. The van der Waals surface area contributed by atoms with Crippen molar-refractivity contribution >= 4 is 35.0 Å². The van der Waals surface area contributed by atoms with Crippen molar-refractivity contribution in [2.24, 2.45) is 0 Å². The Balaban J connectivity index is 1.70. The third-order valence-corrected chi connectivity index (χ3v) is 6.26. The molecule has 0 fully saturated rings. The summed E-state index contributed by atoms with van der Waals surface area (Å²) in [5.41, 5.74) is 5.98. The molecule has 3 nitrogen and oxygen atoms in total. The molecule has 0 aliphatic rings. The van der Waals surface area contributed by atoms with Crippen LogP contribution in [0.1, 0.15) is 29.8 Å². The molecular formula is C28H25ClN2OS. The fraction of sp³-hybridized carbons (Fsp3) is 0.143. The molecule has 0 saturated heterocycles. The van der Waals surface area contributed by atoms with Crippen LogP contribution in [0.2, 0.25) is 5.02 Å². The zero-order valence-electron chi connectivity index (χ0n) is 18.8. The molecule has 0 aliphatic carbocycles. The van der Waals surface area contributed by atoms with E-state index in [1.165, 1.54) is 0 Å². The number of nitrogens with one attached hydrogen (secondary N) is 1. The highest BCUT2D eigenvalue weighted by Crippen LogP contribution is 2.33. The number of benzene rings is 3. The predicted octanol–water partition coefficient (Wildman–Crippen LogP) is 8.13. The Labute approximate surface area is 204 Å². The Morgan fingerprint density at radius 2 is 1.79 bits per heavy atom. The number of pyridine rings is 1. The highest BCUT2D eigenvalue weighted by Gasteiger charge is 2.16. The maximum absolute atomic E-state index is 13.4. The topological polar surface area (TPSA) is 42.0 Å². The summed E-state index contributed by atoms with van der Waals surface area (Å²) in [6.07, 6.45) is 1.76. The van der Waals surface area contributed by atoms with Gasteiger partial charge in [-0.2, -0.15) is 0 Å². The fourth-order valence-electron chi connectivity index (χ4n) is 3.69. The van der Waals surface area contributed by atoms with Gasteiger partial charge < -0.3 is 5.32 Å². The molecule has 166 valence electrons. The van der Waals surface area contributed by atoms with Crippen molar-refractivity contribution in [3.8, 4) is 22.4 Å². The highest BCUT2D eigenvalue weighted by atomic mass is 35.5. The molecule has 1 amide bonds. The lowest BCUT2D eigenvalue weighted by Gasteiger charge is -2.15. The maximum atomic E-state index is 13.4. The summed E-state index contributed by atoms with van der Waals surface area (Å²) in [5, 5.41) is 4.15. The zero-order valence-corrected chi connectivity index (χ0v) is 20.4. The van der Waals surface area contributed by atoms with Gasteiger partial charge in [0.05, 0.1) is 5.69 Å². The number of anilines is 1. The summed E-state index contributed by atoms with van der Waals surface area (Å²) < 4.78 is 0. The highest BCUT2D eigenvalue weighted by molar-refractivity contribution is 7.99. The molecule has 5 heteroatoms. The van der Waals surface area contributed by atoms with Crippen molar-refractivity contribution in [3.05, 3.63) is 101 Å². The minimum atomic E-state index is -0.165. The number of amides is 1. The number of hydrogen-bond acceptors (Lipinski definition) is 3. The van der Waals surface area contributed by atoms with Gasteiger partial charge in [-0.1, -0.05) is 49.7 Å². The number of carbonyl (C=O) groups is 1. The van der Waals surface area contributed by atoms with Crippen LogP contribution in [0, 0.1) is 6.92 Å². The van der Waals surface area contributed by atoms with Gasteiger partial charge in [0.25, 0.3) is 5.91 Å². The van der Waals surface area contributed by atoms with E-state index in [2.05, 4.69) is 36.3 Å². The minimum absolute atomic E-state index is 0.165. The van der Waals surface area contributed by atoms with Crippen LogP contribution in [0.3, 0.4) is 0 Å². The van der Waals surface area contributed by atoms with Crippen LogP contribution in [0.15, 0.2) is 90.0 Å². The van der Waals surface area contributed by atoms with E-state index in [0.717, 1.165) is 38.5 Å². The SMILES string of the molecule is Cc1cc(Cl)cc(-c2cc(SC(C)C)ccc2C(=O)Nc2cccc(-c3ccccn3)c2)c1. The molecule has 0 bridgehead atoms. The summed E-state index contributed by atoms with van der Waals surface area (Å²) in [6.45, 7) is 6.32. The molecule has 3 aromatic carbocycles. The van der Waals surface area contributed by atoms with Crippen LogP contribution in [0.5, 0.6) is 0 Å². The second kappa shape index (κ2) is 10.2. The molecule has 1 heterocycles. The van der Waals surface area contributed by atoms with Crippen LogP contribution in [-0.4, -0.2) is 16.1 Å². The normalized spacial score (nSPS) is 10.9. The lowest BCUT2D eigenvalue weighted by molar-refractivity contribution is 0.102. The van der Waals surface area contributed by atoms with Gasteiger partial charge in [0.15, 0.2) is 0 Å². The molecule has 0 unspecified atom stereocenters. The number of carbonyl (C=O) groups excluding carboxylic acids is 1. The van der Waals surface area contributed by atoms with E-state index >= 15 is 0 Å². The van der Waals surface area contributed by atoms with E-state index in [9.17, 15) is 4.79 Å². The van der Waals surface area contributed by atoms with Crippen molar-refractivity contribution in [2.45, 2.75) is 30.9 Å². The first-order chi connectivity index (χ1) is 15.9. The lowest BCUT2D eigenvalue weighted by atomic mass is 9.97. The molecule has 1 aromatic heterocycles. The third-order valence-electron chi connectivity index (χ3n) is 5.04. The van der Waals surface area contributed by atoms with E-state index in [1.807, 2.05) is 73.7 Å². The quantitative estimate of drug-likeness (QED) is 0.288. The van der Waals surface area contributed by atoms with Crippen molar-refractivity contribution < 1.29 is 4.79 Å². The van der Waals surface area contributed by atoms with Gasteiger partial charge in [0.1, 0.15) is 0 Å². The first kappa shape index (κ1) is 23.1. The standard InChI is InChI=1S/C28H25ClN2OS/c1-18(2)33-24-10-11-25(26(17-24)21-13-19(3)14-22(29)15-21)28(32)31-23-8-6-7-20(16-23)27-9-4-5-12-30-27/h4-18H,1-3H3,(H,31,32). The van der Waals surface area contributed by atoms with Crippen molar-refractivity contribution in [1.29, 1.82) is 0 Å². The smallest absolute Gasteiger partial charge is 0.256 e. The van der Waals surface area contributed by atoms with Crippen molar-refractivity contribution in [3.63, 3.8) is 0 Å². The molecule has 4 aromatic rings.